The molecule has 0 aliphatic heterocycles. The fourth-order valence-electron chi connectivity index (χ4n) is 4.32. The molecule has 118 valence electrons. The van der Waals surface area contributed by atoms with Crippen LogP contribution < -0.4 is 5.32 Å². The number of aryl methyl sites for hydroxylation is 1. The highest BCUT2D eigenvalue weighted by Crippen LogP contribution is 2.53. The molecule has 4 heteroatoms. The third-order valence-electron chi connectivity index (χ3n) is 5.48. The van der Waals surface area contributed by atoms with Crippen LogP contribution in [-0.2, 0) is 18.2 Å². The predicted molar refractivity (Wildman–Crippen MR) is 84.3 cm³/mol. The average Bonchev–Trinajstić information content (AvgIpc) is 2.92. The molecule has 1 spiro atoms. The first-order valence-electron chi connectivity index (χ1n) is 8.58. The molecule has 0 saturated heterocycles. The van der Waals surface area contributed by atoms with Crippen molar-refractivity contribution in [1.82, 2.24) is 15.1 Å². The molecule has 4 nitrogen and oxygen atoms in total. The Labute approximate surface area is 128 Å². The van der Waals surface area contributed by atoms with Crippen molar-refractivity contribution in [1.29, 1.82) is 0 Å². The number of nitrogens with zero attached hydrogens (tertiary/aromatic N) is 2. The first-order valence-corrected chi connectivity index (χ1v) is 8.58. The van der Waals surface area contributed by atoms with Crippen LogP contribution in [0.25, 0.3) is 0 Å². The number of ether oxygens (including phenoxy) is 1. The van der Waals surface area contributed by atoms with E-state index in [0.717, 1.165) is 19.6 Å². The summed E-state index contributed by atoms with van der Waals surface area (Å²) in [5.74, 6) is 0. The molecule has 0 amide bonds. The normalized spacial score (nSPS) is 27.7. The summed E-state index contributed by atoms with van der Waals surface area (Å²) in [6, 6.07) is 2.76. The van der Waals surface area contributed by atoms with Gasteiger partial charge in [0.1, 0.15) is 0 Å². The third-order valence-corrected chi connectivity index (χ3v) is 5.48. The summed E-state index contributed by atoms with van der Waals surface area (Å²) >= 11 is 0. The summed E-state index contributed by atoms with van der Waals surface area (Å²) in [5.41, 5.74) is 1.61. The van der Waals surface area contributed by atoms with Crippen LogP contribution in [0.1, 0.15) is 51.1 Å². The van der Waals surface area contributed by atoms with E-state index in [2.05, 4.69) is 23.4 Å². The van der Waals surface area contributed by atoms with E-state index in [1.165, 1.54) is 44.2 Å². The Morgan fingerprint density at radius 2 is 2.19 bits per heavy atom. The quantitative estimate of drug-likeness (QED) is 0.876. The SMILES string of the molecule is CCOC1CC(NCCc2ccn(C)n2)C12CCCCC2. The molecule has 21 heavy (non-hydrogen) atoms. The lowest BCUT2D eigenvalue weighted by Crippen LogP contribution is -2.64. The lowest BCUT2D eigenvalue weighted by atomic mass is 9.55. The molecule has 2 aliphatic carbocycles. The average molecular weight is 291 g/mol. The van der Waals surface area contributed by atoms with Gasteiger partial charge in [0.15, 0.2) is 0 Å². The predicted octanol–water partition coefficient (Wildman–Crippen LogP) is 2.68. The Bertz CT molecular complexity index is 451. The maximum Gasteiger partial charge on any atom is 0.0661 e. The molecule has 0 aromatic carbocycles. The standard InChI is InChI=1S/C17H29N3O/c1-3-21-16-13-15(17(16)9-5-4-6-10-17)18-11-7-14-8-12-20(2)19-14/h8,12,15-16,18H,3-7,9-11,13H2,1-2H3. The molecular formula is C17H29N3O. The van der Waals surface area contributed by atoms with E-state index >= 15 is 0 Å². The number of rotatable bonds is 6. The minimum absolute atomic E-state index is 0.429. The maximum absolute atomic E-state index is 6.01. The highest BCUT2D eigenvalue weighted by Gasteiger charge is 2.55. The van der Waals surface area contributed by atoms with E-state index in [4.69, 9.17) is 4.74 Å². The van der Waals surface area contributed by atoms with Gasteiger partial charge in [-0.25, -0.2) is 0 Å². The van der Waals surface area contributed by atoms with Crippen LogP contribution in [0.2, 0.25) is 0 Å². The lowest BCUT2D eigenvalue weighted by molar-refractivity contribution is -0.149. The molecular weight excluding hydrogens is 262 g/mol. The summed E-state index contributed by atoms with van der Waals surface area (Å²) in [6.07, 6.45) is 11.6. The molecule has 1 heterocycles. The van der Waals surface area contributed by atoms with E-state index in [1.807, 2.05) is 17.9 Å². The molecule has 3 rings (SSSR count). The Balaban J connectivity index is 1.52. The van der Waals surface area contributed by atoms with Crippen LogP contribution in [0.3, 0.4) is 0 Å². The molecule has 2 atom stereocenters. The van der Waals surface area contributed by atoms with Gasteiger partial charge in [-0.2, -0.15) is 5.10 Å². The van der Waals surface area contributed by atoms with Crippen LogP contribution in [-0.4, -0.2) is 35.1 Å². The molecule has 1 aromatic rings. The van der Waals surface area contributed by atoms with E-state index in [9.17, 15) is 0 Å². The minimum atomic E-state index is 0.429. The van der Waals surface area contributed by atoms with E-state index in [0.29, 0.717) is 17.6 Å². The molecule has 2 unspecified atom stereocenters. The zero-order chi connectivity index (χ0) is 14.7. The van der Waals surface area contributed by atoms with Crippen molar-refractivity contribution in [3.8, 4) is 0 Å². The van der Waals surface area contributed by atoms with Crippen molar-refractivity contribution in [3.63, 3.8) is 0 Å². The van der Waals surface area contributed by atoms with Gasteiger partial charge in [0, 0.05) is 44.3 Å². The van der Waals surface area contributed by atoms with E-state index in [1.54, 1.807) is 0 Å². The van der Waals surface area contributed by atoms with Gasteiger partial charge in [-0.15, -0.1) is 0 Å². The Hall–Kier alpha value is -0.870. The highest BCUT2D eigenvalue weighted by molar-refractivity contribution is 5.09. The Morgan fingerprint density at radius 1 is 1.38 bits per heavy atom. The van der Waals surface area contributed by atoms with Crippen molar-refractivity contribution in [2.75, 3.05) is 13.2 Å². The van der Waals surface area contributed by atoms with Gasteiger partial charge in [-0.1, -0.05) is 19.3 Å². The first kappa shape index (κ1) is 15.0. The topological polar surface area (TPSA) is 39.1 Å². The van der Waals surface area contributed by atoms with Crippen molar-refractivity contribution in [3.05, 3.63) is 18.0 Å². The number of aromatic nitrogens is 2. The van der Waals surface area contributed by atoms with Crippen molar-refractivity contribution >= 4 is 0 Å². The van der Waals surface area contributed by atoms with Crippen LogP contribution in [0, 0.1) is 5.41 Å². The van der Waals surface area contributed by atoms with Gasteiger partial charge in [0.25, 0.3) is 0 Å². The fourth-order valence-corrected chi connectivity index (χ4v) is 4.32. The summed E-state index contributed by atoms with van der Waals surface area (Å²) in [6.45, 7) is 4.01. The van der Waals surface area contributed by atoms with Crippen molar-refractivity contribution < 1.29 is 4.74 Å². The molecule has 1 N–H and O–H groups in total. The van der Waals surface area contributed by atoms with Crippen LogP contribution in [0.5, 0.6) is 0 Å². The van der Waals surface area contributed by atoms with E-state index < -0.39 is 0 Å². The zero-order valence-electron chi connectivity index (χ0n) is 13.5. The van der Waals surface area contributed by atoms with E-state index in [-0.39, 0.29) is 0 Å². The molecule has 1 aromatic heterocycles. The number of hydrogen-bond acceptors (Lipinski definition) is 3. The summed E-state index contributed by atoms with van der Waals surface area (Å²) in [7, 11) is 1.98. The van der Waals surface area contributed by atoms with Crippen molar-refractivity contribution in [2.45, 2.75) is 64.0 Å². The van der Waals surface area contributed by atoms with Gasteiger partial charge in [-0.3, -0.25) is 4.68 Å². The summed E-state index contributed by atoms with van der Waals surface area (Å²) < 4.78 is 7.90. The first-order chi connectivity index (χ1) is 10.2. The van der Waals surface area contributed by atoms with Crippen molar-refractivity contribution in [2.24, 2.45) is 12.5 Å². The second-order valence-corrected chi connectivity index (χ2v) is 6.71. The zero-order valence-corrected chi connectivity index (χ0v) is 13.5. The maximum atomic E-state index is 6.01. The van der Waals surface area contributed by atoms with Crippen LogP contribution in [0.4, 0.5) is 0 Å². The number of hydrogen-bond donors (Lipinski definition) is 1. The minimum Gasteiger partial charge on any atom is -0.378 e. The summed E-state index contributed by atoms with van der Waals surface area (Å²) in [5, 5.41) is 8.25. The second-order valence-electron chi connectivity index (χ2n) is 6.71. The van der Waals surface area contributed by atoms with Gasteiger partial charge in [0.2, 0.25) is 0 Å². The fraction of sp³-hybridized carbons (Fsp3) is 0.824. The van der Waals surface area contributed by atoms with Gasteiger partial charge < -0.3 is 10.1 Å². The molecule has 2 fully saturated rings. The third kappa shape index (κ3) is 3.02. The van der Waals surface area contributed by atoms with Gasteiger partial charge in [0.05, 0.1) is 11.8 Å². The molecule has 0 bridgehead atoms. The Kier molecular flexibility index (Phi) is 4.65. The molecule has 2 saturated carbocycles. The van der Waals surface area contributed by atoms with Crippen LogP contribution >= 0.6 is 0 Å². The Morgan fingerprint density at radius 3 is 2.86 bits per heavy atom. The smallest absolute Gasteiger partial charge is 0.0661 e. The molecule has 2 aliphatic rings. The van der Waals surface area contributed by atoms with Crippen LogP contribution in [0.15, 0.2) is 12.3 Å². The van der Waals surface area contributed by atoms with Gasteiger partial charge >= 0.3 is 0 Å². The number of nitrogens with one attached hydrogen (secondary N) is 1. The monoisotopic (exact) mass is 291 g/mol. The summed E-state index contributed by atoms with van der Waals surface area (Å²) in [4.78, 5) is 0. The largest absolute Gasteiger partial charge is 0.378 e. The second kappa shape index (κ2) is 6.49. The lowest BCUT2D eigenvalue weighted by Gasteiger charge is -2.58. The molecule has 0 radical (unpaired) electrons. The van der Waals surface area contributed by atoms with Gasteiger partial charge in [-0.05, 0) is 32.3 Å². The highest BCUT2D eigenvalue weighted by atomic mass is 16.5.